The summed E-state index contributed by atoms with van der Waals surface area (Å²) in [6, 6.07) is 16.5. The monoisotopic (exact) mass is 521 g/mol. The Morgan fingerprint density at radius 2 is 2.05 bits per heavy atom. The molecule has 2 fully saturated rings. The highest BCUT2D eigenvalue weighted by Gasteiger charge is 2.49. The van der Waals surface area contributed by atoms with Crippen LogP contribution in [0, 0.1) is 23.7 Å². The minimum atomic E-state index is -0.0278. The number of fused-ring (bicyclic) bond motifs is 1. The van der Waals surface area contributed by atoms with Crippen LogP contribution in [0.15, 0.2) is 60.6 Å². The van der Waals surface area contributed by atoms with Crippen LogP contribution in [-0.4, -0.2) is 54.1 Å². The van der Waals surface area contributed by atoms with Gasteiger partial charge in [0.15, 0.2) is 0 Å². The highest BCUT2D eigenvalue weighted by molar-refractivity contribution is 7.13. The number of carbonyl (C=O) groups is 1. The first-order chi connectivity index (χ1) is 18.5. The van der Waals surface area contributed by atoms with Crippen molar-refractivity contribution in [3.8, 4) is 33.4 Å². The Morgan fingerprint density at radius 3 is 2.76 bits per heavy atom. The van der Waals surface area contributed by atoms with Gasteiger partial charge in [0.25, 0.3) is 0 Å². The molecule has 2 saturated heterocycles. The molecule has 0 unspecified atom stereocenters. The summed E-state index contributed by atoms with van der Waals surface area (Å²) in [5.41, 5.74) is 6.98. The van der Waals surface area contributed by atoms with E-state index >= 15 is 0 Å². The number of hydrogen-bond donors (Lipinski definition) is 0. The molecular formula is C30H27N5O2S. The van der Waals surface area contributed by atoms with Crippen molar-refractivity contribution in [2.75, 3.05) is 38.2 Å². The third-order valence-electron chi connectivity index (χ3n) is 7.74. The van der Waals surface area contributed by atoms with Crippen LogP contribution in [-0.2, 0) is 4.79 Å². The lowest BCUT2D eigenvalue weighted by atomic mass is 9.79. The largest absolute Gasteiger partial charge is 0.496 e. The second-order valence-corrected chi connectivity index (χ2v) is 10.9. The molecule has 4 heterocycles. The van der Waals surface area contributed by atoms with E-state index in [2.05, 4.69) is 40.7 Å². The third kappa shape index (κ3) is 3.82. The molecular weight excluding hydrogens is 494 g/mol. The summed E-state index contributed by atoms with van der Waals surface area (Å²) < 4.78 is 5.72. The Morgan fingerprint density at radius 1 is 1.24 bits per heavy atom. The molecule has 2 aromatic heterocycles. The van der Waals surface area contributed by atoms with E-state index in [1.165, 1.54) is 6.08 Å². The zero-order valence-corrected chi connectivity index (χ0v) is 22.2. The number of methoxy groups -OCH3 is 1. The Hall–Kier alpha value is -4.22. The Labute approximate surface area is 225 Å². The molecule has 2 aliphatic rings. The molecule has 38 heavy (non-hydrogen) atoms. The minimum Gasteiger partial charge on any atom is -0.496 e. The molecule has 4 aromatic rings. The second kappa shape index (κ2) is 9.26. The van der Waals surface area contributed by atoms with Crippen molar-refractivity contribution >= 4 is 34.0 Å². The van der Waals surface area contributed by atoms with Crippen molar-refractivity contribution in [2.45, 2.75) is 13.3 Å². The standard InChI is InChI=1S/C30H27N5O2S/c1-4-26(36)35-16-30(17-35)11-12-34(15-30)29-23(14-31)27(22-7-5-6-8-25(22)37-3)21-10-9-20(13-24(21)33-29)28-19(2)32-18-38-28/h4-10,13,18H,1,11-12,15-17H2,2-3H3. The van der Waals surface area contributed by atoms with Crippen LogP contribution in [0.4, 0.5) is 5.82 Å². The number of anilines is 1. The quantitative estimate of drug-likeness (QED) is 0.325. The van der Waals surface area contributed by atoms with Gasteiger partial charge in [-0.15, -0.1) is 11.3 Å². The van der Waals surface area contributed by atoms with Gasteiger partial charge in [0.1, 0.15) is 23.2 Å². The van der Waals surface area contributed by atoms with Crippen LogP contribution in [0.1, 0.15) is 17.7 Å². The molecule has 0 radical (unpaired) electrons. The average molecular weight is 522 g/mol. The van der Waals surface area contributed by atoms with Gasteiger partial charge in [0.05, 0.1) is 28.7 Å². The number of carbonyl (C=O) groups excluding carboxylic acids is 1. The minimum absolute atomic E-state index is 0.0221. The van der Waals surface area contributed by atoms with Gasteiger partial charge in [0.2, 0.25) is 5.91 Å². The number of hydrogen-bond acceptors (Lipinski definition) is 7. The second-order valence-electron chi connectivity index (χ2n) is 10.1. The predicted molar refractivity (Wildman–Crippen MR) is 150 cm³/mol. The van der Waals surface area contributed by atoms with Crippen molar-refractivity contribution in [3.05, 3.63) is 71.9 Å². The first kappa shape index (κ1) is 24.1. The predicted octanol–water partition coefficient (Wildman–Crippen LogP) is 5.44. The van der Waals surface area contributed by atoms with E-state index in [1.54, 1.807) is 18.4 Å². The van der Waals surface area contributed by atoms with Gasteiger partial charge in [-0.05, 0) is 37.1 Å². The fraction of sp³-hybridized carbons (Fsp3) is 0.267. The Bertz CT molecular complexity index is 1630. The molecule has 8 heteroatoms. The molecule has 0 saturated carbocycles. The maximum Gasteiger partial charge on any atom is 0.245 e. The third-order valence-corrected chi connectivity index (χ3v) is 8.72. The van der Waals surface area contributed by atoms with E-state index in [4.69, 9.17) is 9.72 Å². The van der Waals surface area contributed by atoms with Gasteiger partial charge in [-0.25, -0.2) is 9.97 Å². The summed E-state index contributed by atoms with van der Waals surface area (Å²) in [6.45, 7) is 8.57. The molecule has 2 aliphatic heterocycles. The summed E-state index contributed by atoms with van der Waals surface area (Å²) in [4.78, 5) is 26.8. The molecule has 2 aromatic carbocycles. The summed E-state index contributed by atoms with van der Waals surface area (Å²) in [5.74, 6) is 1.37. The average Bonchev–Trinajstić information content (AvgIpc) is 3.57. The molecule has 1 amide bonds. The Balaban J connectivity index is 1.51. The normalized spacial score (nSPS) is 15.9. The van der Waals surface area contributed by atoms with Crippen LogP contribution in [0.2, 0.25) is 0 Å². The van der Waals surface area contributed by atoms with Gasteiger partial charge < -0.3 is 14.5 Å². The van der Waals surface area contributed by atoms with Crippen molar-refractivity contribution in [1.29, 1.82) is 5.26 Å². The van der Waals surface area contributed by atoms with Gasteiger partial charge in [-0.3, -0.25) is 4.79 Å². The number of likely N-dealkylation sites (tertiary alicyclic amines) is 1. The van der Waals surface area contributed by atoms with E-state index in [0.29, 0.717) is 30.2 Å². The molecule has 0 aliphatic carbocycles. The number of aryl methyl sites for hydroxylation is 1. The summed E-state index contributed by atoms with van der Waals surface area (Å²) in [6.07, 6.45) is 2.32. The number of benzene rings is 2. The molecule has 7 nitrogen and oxygen atoms in total. The van der Waals surface area contributed by atoms with Crippen molar-refractivity contribution in [3.63, 3.8) is 0 Å². The lowest BCUT2D eigenvalue weighted by molar-refractivity contribution is -0.136. The summed E-state index contributed by atoms with van der Waals surface area (Å²) in [7, 11) is 1.65. The number of para-hydroxylation sites is 1. The maximum atomic E-state index is 12.1. The number of ether oxygens (including phenoxy) is 1. The first-order valence-electron chi connectivity index (χ1n) is 12.5. The molecule has 0 bridgehead atoms. The lowest BCUT2D eigenvalue weighted by Gasteiger charge is -2.47. The number of rotatable bonds is 5. The van der Waals surface area contributed by atoms with Crippen LogP contribution in [0.3, 0.4) is 0 Å². The number of nitriles is 1. The molecule has 0 N–H and O–H groups in total. The van der Waals surface area contributed by atoms with E-state index in [0.717, 1.165) is 57.7 Å². The molecule has 0 atom stereocenters. The maximum absolute atomic E-state index is 12.1. The van der Waals surface area contributed by atoms with Gasteiger partial charge >= 0.3 is 0 Å². The van der Waals surface area contributed by atoms with E-state index in [1.807, 2.05) is 41.6 Å². The molecule has 190 valence electrons. The molecule has 1 spiro atoms. The lowest BCUT2D eigenvalue weighted by Crippen LogP contribution is -2.59. The van der Waals surface area contributed by atoms with Crippen LogP contribution < -0.4 is 9.64 Å². The smallest absolute Gasteiger partial charge is 0.245 e. The number of thiazole rings is 1. The van der Waals surface area contributed by atoms with Crippen LogP contribution in [0.25, 0.3) is 32.5 Å². The van der Waals surface area contributed by atoms with E-state index in [-0.39, 0.29) is 11.3 Å². The van der Waals surface area contributed by atoms with Gasteiger partial charge in [0, 0.05) is 48.1 Å². The van der Waals surface area contributed by atoms with Crippen molar-refractivity contribution in [1.82, 2.24) is 14.9 Å². The SMILES string of the molecule is C=CC(=O)N1CC2(CCN(c3nc4cc(-c5scnc5C)ccc4c(-c4ccccc4OC)c3C#N)C2)C1. The number of pyridine rings is 1. The summed E-state index contributed by atoms with van der Waals surface area (Å²) in [5, 5.41) is 11.4. The Kier molecular flexibility index (Phi) is 5.88. The highest BCUT2D eigenvalue weighted by atomic mass is 32.1. The fourth-order valence-corrected chi connectivity index (χ4v) is 6.66. The number of nitrogens with zero attached hydrogens (tertiary/aromatic N) is 5. The van der Waals surface area contributed by atoms with Gasteiger partial charge in [-0.2, -0.15) is 5.26 Å². The van der Waals surface area contributed by atoms with Crippen molar-refractivity contribution in [2.24, 2.45) is 5.41 Å². The van der Waals surface area contributed by atoms with E-state index in [9.17, 15) is 10.1 Å². The number of aromatic nitrogens is 2. The summed E-state index contributed by atoms with van der Waals surface area (Å²) >= 11 is 1.61. The first-order valence-corrected chi connectivity index (χ1v) is 13.4. The zero-order chi connectivity index (χ0) is 26.4. The van der Waals surface area contributed by atoms with E-state index < -0.39 is 0 Å². The zero-order valence-electron chi connectivity index (χ0n) is 21.4. The number of amides is 1. The highest BCUT2D eigenvalue weighted by Crippen LogP contribution is 2.45. The van der Waals surface area contributed by atoms with Crippen LogP contribution >= 0.6 is 11.3 Å². The van der Waals surface area contributed by atoms with Crippen molar-refractivity contribution < 1.29 is 9.53 Å². The van der Waals surface area contributed by atoms with Gasteiger partial charge in [-0.1, -0.05) is 36.9 Å². The molecule has 6 rings (SSSR count). The topological polar surface area (TPSA) is 82.3 Å². The fourth-order valence-electron chi connectivity index (χ4n) is 5.86. The van der Waals surface area contributed by atoms with Crippen LogP contribution in [0.5, 0.6) is 5.75 Å².